The molecule has 3 atom stereocenters. The number of benzene rings is 1. The summed E-state index contributed by atoms with van der Waals surface area (Å²) in [6, 6.07) is 9.84. The predicted molar refractivity (Wildman–Crippen MR) is 80.3 cm³/mol. The lowest BCUT2D eigenvalue weighted by Gasteiger charge is -2.21. The summed E-state index contributed by atoms with van der Waals surface area (Å²) >= 11 is 0. The molecule has 0 heterocycles. The number of carbonyl (C=O) groups is 1. The van der Waals surface area contributed by atoms with Crippen LogP contribution in [-0.4, -0.2) is 23.6 Å². The van der Waals surface area contributed by atoms with Gasteiger partial charge >= 0.3 is 0 Å². The van der Waals surface area contributed by atoms with E-state index < -0.39 is 12.0 Å². The maximum absolute atomic E-state index is 12.2. The van der Waals surface area contributed by atoms with Crippen molar-refractivity contribution < 1.29 is 14.6 Å². The predicted octanol–water partition coefficient (Wildman–Crippen LogP) is 2.98. The van der Waals surface area contributed by atoms with Gasteiger partial charge in [0.1, 0.15) is 5.78 Å². The Morgan fingerprint density at radius 3 is 2.45 bits per heavy atom. The Hall–Kier alpha value is -1.45. The topological polar surface area (TPSA) is 46.5 Å². The van der Waals surface area contributed by atoms with Gasteiger partial charge in [-0.1, -0.05) is 56.3 Å². The molecule has 0 aliphatic heterocycles. The maximum atomic E-state index is 12.2. The summed E-state index contributed by atoms with van der Waals surface area (Å²) in [7, 11) is 0. The van der Waals surface area contributed by atoms with E-state index in [-0.39, 0.29) is 11.7 Å². The largest absolute Gasteiger partial charge is 0.388 e. The van der Waals surface area contributed by atoms with Gasteiger partial charge in [-0.25, -0.2) is 0 Å². The third kappa shape index (κ3) is 4.91. The molecule has 0 saturated carbocycles. The molecule has 1 N–H and O–H groups in total. The second-order valence-electron chi connectivity index (χ2n) is 5.38. The second-order valence-corrected chi connectivity index (χ2v) is 5.38. The van der Waals surface area contributed by atoms with Gasteiger partial charge in [0.25, 0.3) is 0 Å². The van der Waals surface area contributed by atoms with E-state index in [2.05, 4.69) is 6.58 Å². The van der Waals surface area contributed by atoms with Crippen LogP contribution in [-0.2, 0) is 16.1 Å². The van der Waals surface area contributed by atoms with Crippen molar-refractivity contribution in [2.24, 2.45) is 11.8 Å². The molecule has 0 aromatic heterocycles. The van der Waals surface area contributed by atoms with Gasteiger partial charge in [0.15, 0.2) is 0 Å². The number of carbonyl (C=O) groups excluding carboxylic acids is 1. The van der Waals surface area contributed by atoms with Crippen molar-refractivity contribution in [3.05, 3.63) is 48.0 Å². The van der Waals surface area contributed by atoms with Gasteiger partial charge in [-0.15, -0.1) is 0 Å². The molecular formula is C17H24O3. The van der Waals surface area contributed by atoms with Crippen molar-refractivity contribution in [3.8, 4) is 0 Å². The van der Waals surface area contributed by atoms with Crippen LogP contribution in [0.3, 0.4) is 0 Å². The smallest absolute Gasteiger partial charge is 0.143 e. The van der Waals surface area contributed by atoms with Crippen molar-refractivity contribution in [2.75, 3.05) is 6.61 Å². The minimum atomic E-state index is -0.779. The molecule has 3 nitrogen and oxygen atoms in total. The number of ether oxygens (including phenoxy) is 1. The summed E-state index contributed by atoms with van der Waals surface area (Å²) < 4.78 is 5.57. The monoisotopic (exact) mass is 276 g/mol. The Balaban J connectivity index is 2.40. The van der Waals surface area contributed by atoms with E-state index in [1.165, 1.54) is 0 Å². The zero-order valence-corrected chi connectivity index (χ0v) is 12.5. The highest BCUT2D eigenvalue weighted by Gasteiger charge is 2.26. The first-order valence-corrected chi connectivity index (χ1v) is 6.92. The molecule has 110 valence electrons. The van der Waals surface area contributed by atoms with Gasteiger partial charge in [0, 0.05) is 11.8 Å². The average Bonchev–Trinajstić information content (AvgIpc) is 2.45. The normalized spacial score (nSPS) is 15.4. The Bertz CT molecular complexity index is 439. The third-order valence-corrected chi connectivity index (χ3v) is 3.39. The van der Waals surface area contributed by atoms with E-state index in [9.17, 15) is 9.90 Å². The molecule has 0 unspecified atom stereocenters. The third-order valence-electron chi connectivity index (χ3n) is 3.39. The lowest BCUT2D eigenvalue weighted by atomic mass is 9.89. The van der Waals surface area contributed by atoms with Crippen LogP contribution in [0.1, 0.15) is 26.3 Å². The number of Topliss-reactive ketones (excluding diaryl/α,β-unsaturated/α-hetero) is 1. The minimum Gasteiger partial charge on any atom is -0.388 e. The summed E-state index contributed by atoms with van der Waals surface area (Å²) in [6.45, 7) is 9.83. The van der Waals surface area contributed by atoms with E-state index in [1.54, 1.807) is 13.8 Å². The Kier molecular flexibility index (Phi) is 6.62. The van der Waals surface area contributed by atoms with Gasteiger partial charge in [0.2, 0.25) is 0 Å². The summed E-state index contributed by atoms with van der Waals surface area (Å²) in [5.74, 6) is -0.668. The van der Waals surface area contributed by atoms with Crippen LogP contribution in [0.15, 0.2) is 42.5 Å². The number of aliphatic hydroxyl groups excluding tert-OH is 1. The number of rotatable bonds is 8. The summed E-state index contributed by atoms with van der Waals surface area (Å²) in [6.07, 6.45) is -0.779. The molecule has 0 bridgehead atoms. The summed E-state index contributed by atoms with van der Waals surface area (Å²) in [5, 5.41) is 9.86. The minimum absolute atomic E-state index is 0.00793. The van der Waals surface area contributed by atoms with Crippen molar-refractivity contribution in [2.45, 2.75) is 33.5 Å². The molecule has 0 aliphatic rings. The van der Waals surface area contributed by atoms with Crippen molar-refractivity contribution >= 4 is 5.78 Å². The number of hydrogen-bond acceptors (Lipinski definition) is 3. The van der Waals surface area contributed by atoms with E-state index in [0.717, 1.165) is 5.56 Å². The molecule has 0 amide bonds. The second kappa shape index (κ2) is 7.98. The summed E-state index contributed by atoms with van der Waals surface area (Å²) in [4.78, 5) is 12.2. The van der Waals surface area contributed by atoms with Crippen LogP contribution in [0, 0.1) is 11.8 Å². The lowest BCUT2D eigenvalue weighted by Crippen LogP contribution is -2.32. The van der Waals surface area contributed by atoms with Gasteiger partial charge < -0.3 is 9.84 Å². The molecule has 0 saturated heterocycles. The zero-order chi connectivity index (χ0) is 15.1. The highest BCUT2D eigenvalue weighted by molar-refractivity contribution is 5.83. The van der Waals surface area contributed by atoms with Crippen molar-refractivity contribution in [3.63, 3.8) is 0 Å². The molecule has 1 aromatic carbocycles. The van der Waals surface area contributed by atoms with Crippen LogP contribution in [0.5, 0.6) is 0 Å². The van der Waals surface area contributed by atoms with Gasteiger partial charge in [-0.05, 0) is 12.5 Å². The Labute approximate surface area is 121 Å². The summed E-state index contributed by atoms with van der Waals surface area (Å²) in [5.41, 5.74) is 1.70. The first-order chi connectivity index (χ1) is 9.43. The van der Waals surface area contributed by atoms with Crippen LogP contribution in [0.2, 0.25) is 0 Å². The molecule has 0 spiro atoms. The molecule has 1 aromatic rings. The fraction of sp³-hybridized carbons (Fsp3) is 0.471. The van der Waals surface area contributed by atoms with E-state index >= 15 is 0 Å². The Morgan fingerprint density at radius 1 is 1.30 bits per heavy atom. The molecular weight excluding hydrogens is 252 g/mol. The van der Waals surface area contributed by atoms with E-state index in [4.69, 9.17) is 4.74 Å². The number of ketones is 1. The lowest BCUT2D eigenvalue weighted by molar-refractivity contribution is -0.130. The number of hydrogen-bond donors (Lipinski definition) is 1. The van der Waals surface area contributed by atoms with Crippen LogP contribution in [0.25, 0.3) is 0 Å². The average molecular weight is 276 g/mol. The van der Waals surface area contributed by atoms with Gasteiger partial charge in [-0.3, -0.25) is 4.79 Å². The molecule has 20 heavy (non-hydrogen) atoms. The van der Waals surface area contributed by atoms with E-state index in [1.807, 2.05) is 37.3 Å². The van der Waals surface area contributed by atoms with Crippen LogP contribution in [0.4, 0.5) is 0 Å². The van der Waals surface area contributed by atoms with Gasteiger partial charge in [0.05, 0.1) is 19.3 Å². The zero-order valence-electron chi connectivity index (χ0n) is 12.5. The fourth-order valence-corrected chi connectivity index (χ4v) is 2.04. The highest BCUT2D eigenvalue weighted by atomic mass is 16.5. The molecule has 1 rings (SSSR count). The standard InChI is InChI=1S/C17H24O3/c1-12(2)16(18)14(4)17(19)13(3)10-20-11-15-8-6-5-7-9-15/h5-9,13-14,16,18H,1,10-11H2,2-4H3/t13-,14+,16-/m1/s1. The molecule has 3 heteroatoms. The van der Waals surface area contributed by atoms with Crippen LogP contribution < -0.4 is 0 Å². The first kappa shape index (κ1) is 16.6. The van der Waals surface area contributed by atoms with E-state index in [0.29, 0.717) is 18.8 Å². The number of aliphatic hydroxyl groups is 1. The first-order valence-electron chi connectivity index (χ1n) is 6.92. The quantitative estimate of drug-likeness (QED) is 0.742. The highest BCUT2D eigenvalue weighted by Crippen LogP contribution is 2.16. The van der Waals surface area contributed by atoms with Crippen LogP contribution >= 0.6 is 0 Å². The van der Waals surface area contributed by atoms with Gasteiger partial charge in [-0.2, -0.15) is 0 Å². The van der Waals surface area contributed by atoms with Crippen molar-refractivity contribution in [1.82, 2.24) is 0 Å². The molecule has 0 fully saturated rings. The maximum Gasteiger partial charge on any atom is 0.143 e. The van der Waals surface area contributed by atoms with Crippen molar-refractivity contribution in [1.29, 1.82) is 0 Å². The molecule has 0 radical (unpaired) electrons. The molecule has 0 aliphatic carbocycles. The Morgan fingerprint density at radius 2 is 1.90 bits per heavy atom. The fourth-order valence-electron chi connectivity index (χ4n) is 2.04. The SMILES string of the molecule is C=C(C)[C@@H](O)[C@H](C)C(=O)[C@H](C)COCc1ccccc1.